The van der Waals surface area contributed by atoms with Crippen LogP contribution >= 0.6 is 11.3 Å². The second-order valence-corrected chi connectivity index (χ2v) is 6.24. The van der Waals surface area contributed by atoms with Crippen molar-refractivity contribution in [2.24, 2.45) is 0 Å². The number of esters is 1. The minimum Gasteiger partial charge on any atom is -0.462 e. The summed E-state index contributed by atoms with van der Waals surface area (Å²) in [6.45, 7) is 2.95. The van der Waals surface area contributed by atoms with Gasteiger partial charge >= 0.3 is 5.97 Å². The summed E-state index contributed by atoms with van der Waals surface area (Å²) in [6.07, 6.45) is 5.30. The Balaban J connectivity index is 1.58. The van der Waals surface area contributed by atoms with Crippen LogP contribution in [0.15, 0.2) is 24.4 Å². The molecule has 1 aliphatic carbocycles. The Kier molecular flexibility index (Phi) is 4.20. The Labute approximate surface area is 128 Å². The zero-order valence-corrected chi connectivity index (χ0v) is 12.8. The van der Waals surface area contributed by atoms with E-state index in [0.717, 1.165) is 12.4 Å². The van der Waals surface area contributed by atoms with E-state index < -0.39 is 0 Å². The van der Waals surface area contributed by atoms with E-state index in [2.05, 4.69) is 16.4 Å². The van der Waals surface area contributed by atoms with E-state index in [-0.39, 0.29) is 5.97 Å². The number of carbonyl (C=O) groups excluding carboxylic acids is 1. The molecule has 0 fully saturated rings. The Morgan fingerprint density at radius 2 is 2.33 bits per heavy atom. The lowest BCUT2D eigenvalue weighted by atomic mass is 10.2. The molecule has 4 nitrogen and oxygen atoms in total. The molecule has 0 aliphatic heterocycles. The zero-order chi connectivity index (χ0) is 14.7. The van der Waals surface area contributed by atoms with Crippen LogP contribution in [0.3, 0.4) is 0 Å². The SMILES string of the molecule is CCOC(=O)c1ccc(NCc2cc3c(s2)CCC3)nc1. The lowest BCUT2D eigenvalue weighted by Crippen LogP contribution is -2.06. The number of fused-ring (bicyclic) bond motifs is 1. The van der Waals surface area contributed by atoms with Crippen LogP contribution in [0.4, 0.5) is 5.82 Å². The molecule has 1 N–H and O–H groups in total. The molecule has 0 unspecified atom stereocenters. The van der Waals surface area contributed by atoms with E-state index in [1.807, 2.05) is 17.4 Å². The maximum Gasteiger partial charge on any atom is 0.339 e. The molecule has 0 radical (unpaired) electrons. The van der Waals surface area contributed by atoms with Crippen LogP contribution in [0, 0.1) is 0 Å². The third kappa shape index (κ3) is 3.24. The summed E-state index contributed by atoms with van der Waals surface area (Å²) >= 11 is 1.89. The summed E-state index contributed by atoms with van der Waals surface area (Å²) < 4.78 is 4.93. The van der Waals surface area contributed by atoms with Crippen molar-refractivity contribution in [3.8, 4) is 0 Å². The summed E-state index contributed by atoms with van der Waals surface area (Å²) in [4.78, 5) is 18.7. The maximum absolute atomic E-state index is 11.5. The number of pyridine rings is 1. The molecule has 21 heavy (non-hydrogen) atoms. The third-order valence-corrected chi connectivity index (χ3v) is 4.75. The van der Waals surface area contributed by atoms with Gasteiger partial charge in [0.2, 0.25) is 0 Å². The third-order valence-electron chi connectivity index (χ3n) is 3.52. The maximum atomic E-state index is 11.5. The van der Waals surface area contributed by atoms with Crippen LogP contribution in [0.5, 0.6) is 0 Å². The first-order valence-corrected chi connectivity index (χ1v) is 8.05. The molecule has 0 aromatic carbocycles. The number of nitrogens with zero attached hydrogens (tertiary/aromatic N) is 1. The van der Waals surface area contributed by atoms with Crippen molar-refractivity contribution in [2.75, 3.05) is 11.9 Å². The highest BCUT2D eigenvalue weighted by atomic mass is 32.1. The Morgan fingerprint density at radius 1 is 1.43 bits per heavy atom. The van der Waals surface area contributed by atoms with E-state index in [1.54, 1.807) is 19.2 Å². The van der Waals surface area contributed by atoms with E-state index in [0.29, 0.717) is 12.2 Å². The lowest BCUT2D eigenvalue weighted by Gasteiger charge is -2.05. The van der Waals surface area contributed by atoms with E-state index in [9.17, 15) is 4.79 Å². The molecule has 0 atom stereocenters. The van der Waals surface area contributed by atoms with Crippen LogP contribution in [0.25, 0.3) is 0 Å². The first kappa shape index (κ1) is 14.1. The number of aromatic nitrogens is 1. The number of hydrogen-bond donors (Lipinski definition) is 1. The smallest absolute Gasteiger partial charge is 0.339 e. The minimum atomic E-state index is -0.328. The fourth-order valence-corrected chi connectivity index (χ4v) is 3.69. The number of carbonyl (C=O) groups is 1. The van der Waals surface area contributed by atoms with Crippen molar-refractivity contribution >= 4 is 23.1 Å². The fourth-order valence-electron chi connectivity index (χ4n) is 2.49. The Hall–Kier alpha value is -1.88. The number of aryl methyl sites for hydroxylation is 2. The van der Waals surface area contributed by atoms with Gasteiger partial charge in [0.1, 0.15) is 5.82 Å². The molecule has 0 saturated carbocycles. The first-order valence-electron chi connectivity index (χ1n) is 7.24. The van der Waals surface area contributed by atoms with E-state index in [4.69, 9.17) is 4.74 Å². The average Bonchev–Trinajstić information content (AvgIpc) is 3.07. The van der Waals surface area contributed by atoms with Crippen LogP contribution in [-0.2, 0) is 24.1 Å². The molecule has 0 bridgehead atoms. The standard InChI is InChI=1S/C16H18N2O2S/c1-2-20-16(19)12-6-7-15(17-9-12)18-10-13-8-11-4-3-5-14(11)21-13/h6-9H,2-5,10H2,1H3,(H,17,18). The van der Waals surface area contributed by atoms with Crippen LogP contribution in [0.1, 0.15) is 39.0 Å². The second-order valence-electron chi connectivity index (χ2n) is 5.02. The number of hydrogen-bond acceptors (Lipinski definition) is 5. The number of anilines is 1. The molecule has 0 saturated heterocycles. The van der Waals surface area contributed by atoms with Gasteiger partial charge in [0, 0.05) is 16.0 Å². The minimum absolute atomic E-state index is 0.328. The average molecular weight is 302 g/mol. The van der Waals surface area contributed by atoms with Crippen molar-refractivity contribution in [3.63, 3.8) is 0 Å². The van der Waals surface area contributed by atoms with Crippen LogP contribution in [-0.4, -0.2) is 17.6 Å². The van der Waals surface area contributed by atoms with Gasteiger partial charge in [-0.2, -0.15) is 0 Å². The van der Waals surface area contributed by atoms with Gasteiger partial charge in [-0.25, -0.2) is 9.78 Å². The molecule has 2 aromatic heterocycles. The molecular formula is C16H18N2O2S. The van der Waals surface area contributed by atoms with E-state index in [1.165, 1.54) is 34.6 Å². The summed E-state index contributed by atoms with van der Waals surface area (Å²) in [5.74, 6) is 0.447. The van der Waals surface area contributed by atoms with Gasteiger partial charge in [0.15, 0.2) is 0 Å². The number of ether oxygens (including phenoxy) is 1. The molecule has 2 aromatic rings. The normalized spacial score (nSPS) is 13.0. The van der Waals surface area contributed by atoms with Gasteiger partial charge in [-0.3, -0.25) is 0 Å². The molecule has 110 valence electrons. The molecule has 2 heterocycles. The topological polar surface area (TPSA) is 51.2 Å². The van der Waals surface area contributed by atoms with Gasteiger partial charge < -0.3 is 10.1 Å². The predicted molar refractivity (Wildman–Crippen MR) is 83.9 cm³/mol. The molecule has 0 amide bonds. The van der Waals surface area contributed by atoms with E-state index >= 15 is 0 Å². The summed E-state index contributed by atoms with van der Waals surface area (Å²) in [5, 5.41) is 3.30. The fraction of sp³-hybridized carbons (Fsp3) is 0.375. The predicted octanol–water partition coefficient (Wildman–Crippen LogP) is 3.42. The summed E-state index contributed by atoms with van der Waals surface area (Å²) in [7, 11) is 0. The van der Waals surface area contributed by atoms with Gasteiger partial charge in [0.05, 0.1) is 18.7 Å². The molecular weight excluding hydrogens is 284 g/mol. The highest BCUT2D eigenvalue weighted by Gasteiger charge is 2.14. The zero-order valence-electron chi connectivity index (χ0n) is 12.0. The van der Waals surface area contributed by atoms with Gasteiger partial charge in [0.25, 0.3) is 0 Å². The Bertz CT molecular complexity index is 613. The Morgan fingerprint density at radius 3 is 3.05 bits per heavy atom. The number of rotatable bonds is 5. The second kappa shape index (κ2) is 6.26. The quantitative estimate of drug-likeness (QED) is 0.860. The number of nitrogens with one attached hydrogen (secondary N) is 1. The van der Waals surface area contributed by atoms with Crippen molar-refractivity contribution in [1.82, 2.24) is 4.98 Å². The van der Waals surface area contributed by atoms with Crippen molar-refractivity contribution in [2.45, 2.75) is 32.7 Å². The largest absolute Gasteiger partial charge is 0.462 e. The molecule has 1 aliphatic rings. The summed E-state index contributed by atoms with van der Waals surface area (Å²) in [6, 6.07) is 5.85. The number of thiophene rings is 1. The van der Waals surface area contributed by atoms with Gasteiger partial charge in [-0.15, -0.1) is 11.3 Å². The van der Waals surface area contributed by atoms with Gasteiger partial charge in [-0.05, 0) is 49.9 Å². The monoisotopic (exact) mass is 302 g/mol. The van der Waals surface area contributed by atoms with Crippen molar-refractivity contribution in [1.29, 1.82) is 0 Å². The highest BCUT2D eigenvalue weighted by molar-refractivity contribution is 7.12. The molecule has 5 heteroatoms. The first-order chi connectivity index (χ1) is 10.3. The lowest BCUT2D eigenvalue weighted by molar-refractivity contribution is 0.0526. The van der Waals surface area contributed by atoms with Crippen molar-refractivity contribution < 1.29 is 9.53 Å². The highest BCUT2D eigenvalue weighted by Crippen LogP contribution is 2.30. The van der Waals surface area contributed by atoms with Crippen LogP contribution < -0.4 is 5.32 Å². The summed E-state index contributed by atoms with van der Waals surface area (Å²) in [5.41, 5.74) is 2.00. The van der Waals surface area contributed by atoms with Crippen molar-refractivity contribution in [3.05, 3.63) is 45.3 Å². The van der Waals surface area contributed by atoms with Gasteiger partial charge in [-0.1, -0.05) is 0 Å². The van der Waals surface area contributed by atoms with Crippen LogP contribution in [0.2, 0.25) is 0 Å². The molecule has 0 spiro atoms. The molecule has 3 rings (SSSR count).